The van der Waals surface area contributed by atoms with Crippen LogP contribution in [-0.4, -0.2) is 19.1 Å². The van der Waals surface area contributed by atoms with E-state index < -0.39 is 0 Å². The van der Waals surface area contributed by atoms with Crippen molar-refractivity contribution in [3.8, 4) is 5.75 Å². The molecular weight excluding hydrogens is 275 g/mol. The van der Waals surface area contributed by atoms with E-state index in [9.17, 15) is 4.79 Å². The Kier molecular flexibility index (Phi) is 5.72. The number of amides is 1. The summed E-state index contributed by atoms with van der Waals surface area (Å²) in [6.45, 7) is 0.918. The highest BCUT2D eigenvalue weighted by molar-refractivity contribution is 6.32. The number of rotatable bonds is 3. The molecule has 1 aliphatic rings. The van der Waals surface area contributed by atoms with Crippen LogP contribution >= 0.6 is 24.0 Å². The van der Waals surface area contributed by atoms with Crippen LogP contribution in [0, 0.1) is 0 Å². The van der Waals surface area contributed by atoms with Gasteiger partial charge in [-0.3, -0.25) is 4.79 Å². The highest BCUT2D eigenvalue weighted by atomic mass is 35.5. The lowest BCUT2D eigenvalue weighted by Gasteiger charge is -2.27. The summed E-state index contributed by atoms with van der Waals surface area (Å²) in [7, 11) is 0. The van der Waals surface area contributed by atoms with Gasteiger partial charge in [-0.2, -0.15) is 0 Å². The number of nitrogens with one attached hydrogen (secondary N) is 1. The van der Waals surface area contributed by atoms with E-state index in [1.54, 1.807) is 6.07 Å². The summed E-state index contributed by atoms with van der Waals surface area (Å²) in [4.78, 5) is 11.5. The third-order valence-corrected chi connectivity index (χ3v) is 3.03. The van der Waals surface area contributed by atoms with Crippen molar-refractivity contribution in [2.75, 3.05) is 13.2 Å². The van der Waals surface area contributed by atoms with E-state index in [0.29, 0.717) is 30.3 Å². The molecule has 1 unspecified atom stereocenters. The topological polar surface area (TPSA) is 64.4 Å². The van der Waals surface area contributed by atoms with Crippen LogP contribution in [0.1, 0.15) is 24.4 Å². The predicted octanol–water partition coefficient (Wildman–Crippen LogP) is 2.05. The fourth-order valence-electron chi connectivity index (χ4n) is 1.93. The lowest BCUT2D eigenvalue weighted by Crippen LogP contribution is -2.33. The zero-order valence-corrected chi connectivity index (χ0v) is 11.4. The molecular formula is C12H16Cl2N2O2. The van der Waals surface area contributed by atoms with Gasteiger partial charge in [0.2, 0.25) is 5.91 Å². The average Bonchev–Trinajstić information content (AvgIpc) is 2.31. The van der Waals surface area contributed by atoms with Crippen molar-refractivity contribution in [3.63, 3.8) is 0 Å². The summed E-state index contributed by atoms with van der Waals surface area (Å²) in [6, 6.07) is 5.53. The Morgan fingerprint density at radius 3 is 3.06 bits per heavy atom. The molecule has 0 aromatic heterocycles. The Labute approximate surface area is 117 Å². The molecule has 1 amide bonds. The third-order valence-electron chi connectivity index (χ3n) is 2.73. The van der Waals surface area contributed by atoms with Crippen LogP contribution in [-0.2, 0) is 4.79 Å². The monoisotopic (exact) mass is 290 g/mol. The van der Waals surface area contributed by atoms with Gasteiger partial charge in [0.05, 0.1) is 17.7 Å². The first-order valence-electron chi connectivity index (χ1n) is 5.63. The Morgan fingerprint density at radius 2 is 2.33 bits per heavy atom. The number of hydrogen-bond donors (Lipinski definition) is 2. The largest absolute Gasteiger partial charge is 0.492 e. The predicted molar refractivity (Wildman–Crippen MR) is 73.4 cm³/mol. The maximum atomic E-state index is 11.5. The van der Waals surface area contributed by atoms with Crippen LogP contribution < -0.4 is 15.8 Å². The molecule has 2 rings (SSSR count). The van der Waals surface area contributed by atoms with Gasteiger partial charge >= 0.3 is 0 Å². The zero-order chi connectivity index (χ0) is 12.3. The number of fused-ring (bicyclic) bond motifs is 1. The summed E-state index contributed by atoms with van der Waals surface area (Å²) < 4.78 is 5.52. The van der Waals surface area contributed by atoms with Crippen LogP contribution in [0.25, 0.3) is 0 Å². The van der Waals surface area contributed by atoms with Crippen molar-refractivity contribution in [2.45, 2.75) is 18.9 Å². The standard InChI is InChI=1S/C12H15ClN2O2.ClH/c13-9-3-1-2-8-10(5-7-17-12(8)9)15-11(16)4-6-14;/h1-3,10H,4-7,14H2,(H,15,16);1H. The van der Waals surface area contributed by atoms with Crippen molar-refractivity contribution in [3.05, 3.63) is 28.8 Å². The second-order valence-electron chi connectivity index (χ2n) is 3.95. The first-order valence-corrected chi connectivity index (χ1v) is 6.01. The number of ether oxygens (including phenoxy) is 1. The lowest BCUT2D eigenvalue weighted by molar-refractivity contribution is -0.121. The highest BCUT2D eigenvalue weighted by Gasteiger charge is 2.24. The smallest absolute Gasteiger partial charge is 0.221 e. The van der Waals surface area contributed by atoms with E-state index in [4.69, 9.17) is 22.1 Å². The summed E-state index contributed by atoms with van der Waals surface area (Å²) in [6.07, 6.45) is 1.09. The minimum absolute atomic E-state index is 0. The minimum atomic E-state index is -0.0367. The number of carbonyl (C=O) groups excluding carboxylic acids is 1. The Bertz CT molecular complexity index is 427. The molecule has 0 aliphatic carbocycles. The molecule has 0 saturated heterocycles. The second-order valence-corrected chi connectivity index (χ2v) is 4.36. The maximum absolute atomic E-state index is 11.5. The molecule has 0 saturated carbocycles. The molecule has 3 N–H and O–H groups in total. The van der Waals surface area contributed by atoms with Crippen molar-refractivity contribution in [2.24, 2.45) is 5.73 Å². The van der Waals surface area contributed by atoms with Gasteiger partial charge in [0, 0.05) is 24.9 Å². The fourth-order valence-corrected chi connectivity index (χ4v) is 2.17. The van der Waals surface area contributed by atoms with Gasteiger partial charge < -0.3 is 15.8 Å². The second kappa shape index (κ2) is 6.83. The number of halogens is 2. The lowest BCUT2D eigenvalue weighted by atomic mass is 10.0. The van der Waals surface area contributed by atoms with Crippen molar-refractivity contribution < 1.29 is 9.53 Å². The van der Waals surface area contributed by atoms with Crippen LogP contribution in [0.5, 0.6) is 5.75 Å². The molecule has 0 bridgehead atoms. The molecule has 0 fully saturated rings. The fraction of sp³-hybridized carbons (Fsp3) is 0.417. The number of hydrogen-bond acceptors (Lipinski definition) is 3. The normalized spacial score (nSPS) is 17.1. The van der Waals surface area contributed by atoms with Crippen LogP contribution in [0.2, 0.25) is 5.02 Å². The van der Waals surface area contributed by atoms with Crippen LogP contribution in [0.15, 0.2) is 18.2 Å². The van der Waals surface area contributed by atoms with E-state index in [-0.39, 0.29) is 24.4 Å². The molecule has 4 nitrogen and oxygen atoms in total. The van der Waals surface area contributed by atoms with Gasteiger partial charge in [0.15, 0.2) is 0 Å². The van der Waals surface area contributed by atoms with Crippen LogP contribution in [0.4, 0.5) is 0 Å². The molecule has 1 heterocycles. The van der Waals surface area contributed by atoms with Crippen molar-refractivity contribution in [1.82, 2.24) is 5.32 Å². The van der Waals surface area contributed by atoms with E-state index in [1.807, 2.05) is 12.1 Å². The van der Waals surface area contributed by atoms with Crippen molar-refractivity contribution in [1.29, 1.82) is 0 Å². The SMILES string of the molecule is Cl.NCCC(=O)NC1CCOc2c(Cl)cccc21. The first-order chi connectivity index (χ1) is 8.22. The van der Waals surface area contributed by atoms with E-state index >= 15 is 0 Å². The molecule has 1 aromatic rings. The average molecular weight is 291 g/mol. The number of para-hydroxylation sites is 1. The first kappa shape index (κ1) is 15.1. The van der Waals surface area contributed by atoms with Gasteiger partial charge in [0.1, 0.15) is 5.75 Å². The minimum Gasteiger partial charge on any atom is -0.492 e. The molecule has 100 valence electrons. The highest BCUT2D eigenvalue weighted by Crippen LogP contribution is 2.37. The third kappa shape index (κ3) is 3.28. The Morgan fingerprint density at radius 1 is 1.56 bits per heavy atom. The van der Waals surface area contributed by atoms with Gasteiger partial charge in [-0.25, -0.2) is 0 Å². The van der Waals surface area contributed by atoms with Crippen molar-refractivity contribution >= 4 is 29.9 Å². The van der Waals surface area contributed by atoms with Gasteiger partial charge in [-0.05, 0) is 6.07 Å². The quantitative estimate of drug-likeness (QED) is 0.896. The number of nitrogens with two attached hydrogens (primary N) is 1. The van der Waals surface area contributed by atoms with Crippen LogP contribution in [0.3, 0.4) is 0 Å². The van der Waals surface area contributed by atoms with Gasteiger partial charge in [-0.15, -0.1) is 12.4 Å². The Balaban J connectivity index is 0.00000162. The van der Waals surface area contributed by atoms with E-state index in [0.717, 1.165) is 12.0 Å². The summed E-state index contributed by atoms with van der Waals surface area (Å²) >= 11 is 6.05. The van der Waals surface area contributed by atoms with E-state index in [1.165, 1.54) is 0 Å². The molecule has 0 radical (unpaired) electrons. The summed E-state index contributed by atoms with van der Waals surface area (Å²) in [5, 5.41) is 3.53. The molecule has 1 aliphatic heterocycles. The molecule has 1 atom stereocenters. The van der Waals surface area contributed by atoms with Gasteiger partial charge in [-0.1, -0.05) is 23.7 Å². The summed E-state index contributed by atoms with van der Waals surface area (Å²) in [5.41, 5.74) is 6.29. The van der Waals surface area contributed by atoms with Gasteiger partial charge in [0.25, 0.3) is 0 Å². The summed E-state index contributed by atoms with van der Waals surface area (Å²) in [5.74, 6) is 0.642. The van der Waals surface area contributed by atoms with E-state index in [2.05, 4.69) is 5.32 Å². The Hall–Kier alpha value is -0.970. The number of carbonyl (C=O) groups is 1. The maximum Gasteiger partial charge on any atom is 0.221 e. The molecule has 0 spiro atoms. The molecule has 18 heavy (non-hydrogen) atoms. The molecule has 1 aromatic carbocycles. The molecule has 6 heteroatoms. The number of benzene rings is 1. The zero-order valence-electron chi connectivity index (χ0n) is 9.82.